The summed E-state index contributed by atoms with van der Waals surface area (Å²) in [6.07, 6.45) is 3.72. The van der Waals surface area contributed by atoms with Crippen LogP contribution in [0.5, 0.6) is 0 Å². The van der Waals surface area contributed by atoms with Crippen LogP contribution in [0.15, 0.2) is 42.7 Å². The molecule has 0 fully saturated rings. The highest BCUT2D eigenvalue weighted by Crippen LogP contribution is 2.18. The first-order chi connectivity index (χ1) is 10.1. The molecule has 21 heavy (non-hydrogen) atoms. The molecule has 1 unspecified atom stereocenters. The molecule has 1 heterocycles. The summed E-state index contributed by atoms with van der Waals surface area (Å²) in [7, 11) is 0. The number of pyridine rings is 1. The third kappa shape index (κ3) is 4.28. The van der Waals surface area contributed by atoms with E-state index < -0.39 is 0 Å². The standard InChI is InChI=1S/C16H17ClN2O2/c1-11(7-12-3-2-4-14(17)8-12)16(21)19-15-9-18-6-5-13(15)10-20/h2-6,8-9,11,20H,7,10H2,1H3,(H,19,21). The van der Waals surface area contributed by atoms with Gasteiger partial charge in [-0.3, -0.25) is 9.78 Å². The van der Waals surface area contributed by atoms with Crippen LogP contribution in [0, 0.1) is 5.92 Å². The summed E-state index contributed by atoms with van der Waals surface area (Å²) >= 11 is 5.94. The molecule has 0 aliphatic rings. The first kappa shape index (κ1) is 15.5. The van der Waals surface area contributed by atoms with E-state index in [-0.39, 0.29) is 18.4 Å². The maximum absolute atomic E-state index is 12.2. The Bertz CT molecular complexity index is 631. The SMILES string of the molecule is CC(Cc1cccc(Cl)c1)C(=O)Nc1cnccc1CO. The Kier molecular flexibility index (Phi) is 5.31. The second kappa shape index (κ2) is 7.20. The number of aliphatic hydroxyl groups excluding tert-OH is 1. The monoisotopic (exact) mass is 304 g/mol. The van der Waals surface area contributed by atoms with Gasteiger partial charge in [-0.25, -0.2) is 0 Å². The lowest BCUT2D eigenvalue weighted by molar-refractivity contribution is -0.119. The maximum atomic E-state index is 12.2. The van der Waals surface area contributed by atoms with E-state index in [1.54, 1.807) is 18.3 Å². The fourth-order valence-corrected chi connectivity index (χ4v) is 2.25. The molecular weight excluding hydrogens is 288 g/mol. The average molecular weight is 305 g/mol. The Morgan fingerprint density at radius 1 is 1.43 bits per heavy atom. The highest BCUT2D eigenvalue weighted by atomic mass is 35.5. The Hall–Kier alpha value is -1.91. The number of nitrogens with one attached hydrogen (secondary N) is 1. The topological polar surface area (TPSA) is 62.2 Å². The Morgan fingerprint density at radius 2 is 2.24 bits per heavy atom. The third-order valence-corrected chi connectivity index (χ3v) is 3.45. The van der Waals surface area contributed by atoms with Crippen molar-refractivity contribution in [3.8, 4) is 0 Å². The Labute approximate surface area is 128 Å². The molecular formula is C16H17ClN2O2. The molecule has 2 N–H and O–H groups in total. The van der Waals surface area contributed by atoms with Crippen LogP contribution < -0.4 is 5.32 Å². The van der Waals surface area contributed by atoms with Crippen molar-refractivity contribution in [2.24, 2.45) is 5.92 Å². The van der Waals surface area contributed by atoms with E-state index >= 15 is 0 Å². The third-order valence-electron chi connectivity index (χ3n) is 3.22. The number of halogens is 1. The van der Waals surface area contributed by atoms with Crippen molar-refractivity contribution in [3.63, 3.8) is 0 Å². The van der Waals surface area contributed by atoms with Gasteiger partial charge in [-0.05, 0) is 30.2 Å². The lowest BCUT2D eigenvalue weighted by Gasteiger charge is -2.14. The molecule has 0 aliphatic carbocycles. The zero-order chi connectivity index (χ0) is 15.2. The molecule has 1 atom stereocenters. The van der Waals surface area contributed by atoms with E-state index in [0.29, 0.717) is 22.7 Å². The zero-order valence-electron chi connectivity index (χ0n) is 11.7. The molecule has 4 nitrogen and oxygen atoms in total. The molecule has 1 aromatic carbocycles. The number of aliphatic hydroxyl groups is 1. The van der Waals surface area contributed by atoms with Gasteiger partial charge in [0.25, 0.3) is 0 Å². The fraction of sp³-hybridized carbons (Fsp3) is 0.250. The summed E-state index contributed by atoms with van der Waals surface area (Å²) in [5.74, 6) is -0.326. The van der Waals surface area contributed by atoms with E-state index in [4.69, 9.17) is 11.6 Å². The highest BCUT2D eigenvalue weighted by molar-refractivity contribution is 6.30. The van der Waals surface area contributed by atoms with E-state index in [2.05, 4.69) is 10.3 Å². The van der Waals surface area contributed by atoms with Crippen LogP contribution in [0.1, 0.15) is 18.1 Å². The number of amides is 1. The molecule has 2 aromatic rings. The molecule has 0 saturated carbocycles. The first-order valence-corrected chi connectivity index (χ1v) is 7.07. The first-order valence-electron chi connectivity index (χ1n) is 6.69. The molecule has 0 aliphatic heterocycles. The molecule has 0 bridgehead atoms. The van der Waals surface area contributed by atoms with Gasteiger partial charge in [0.05, 0.1) is 18.5 Å². The second-order valence-electron chi connectivity index (χ2n) is 4.92. The van der Waals surface area contributed by atoms with Gasteiger partial charge in [0, 0.05) is 22.7 Å². The summed E-state index contributed by atoms with van der Waals surface area (Å²) in [5.41, 5.74) is 2.20. The van der Waals surface area contributed by atoms with Crippen molar-refractivity contribution in [2.75, 3.05) is 5.32 Å². The van der Waals surface area contributed by atoms with Gasteiger partial charge in [-0.1, -0.05) is 30.7 Å². The number of anilines is 1. The van der Waals surface area contributed by atoms with Crippen molar-refractivity contribution in [1.82, 2.24) is 4.98 Å². The molecule has 5 heteroatoms. The van der Waals surface area contributed by atoms with Crippen molar-refractivity contribution in [3.05, 3.63) is 58.9 Å². The molecule has 0 spiro atoms. The molecule has 0 radical (unpaired) electrons. The minimum absolute atomic E-state index is 0.113. The number of carbonyl (C=O) groups is 1. The fourth-order valence-electron chi connectivity index (χ4n) is 2.04. The van der Waals surface area contributed by atoms with Gasteiger partial charge in [0.15, 0.2) is 0 Å². The van der Waals surface area contributed by atoms with Crippen LogP contribution >= 0.6 is 11.6 Å². The number of hydrogen-bond donors (Lipinski definition) is 2. The van der Waals surface area contributed by atoms with Gasteiger partial charge >= 0.3 is 0 Å². The number of benzene rings is 1. The molecule has 2 rings (SSSR count). The largest absolute Gasteiger partial charge is 0.392 e. The number of nitrogens with zero attached hydrogens (tertiary/aromatic N) is 1. The van der Waals surface area contributed by atoms with Crippen LogP contribution in [0.25, 0.3) is 0 Å². The molecule has 110 valence electrons. The molecule has 0 saturated heterocycles. The Balaban J connectivity index is 2.02. The van der Waals surface area contributed by atoms with Crippen LogP contribution in [0.3, 0.4) is 0 Å². The zero-order valence-corrected chi connectivity index (χ0v) is 12.5. The van der Waals surface area contributed by atoms with Gasteiger partial charge in [0.2, 0.25) is 5.91 Å². The highest BCUT2D eigenvalue weighted by Gasteiger charge is 2.15. The van der Waals surface area contributed by atoms with E-state index in [9.17, 15) is 9.90 Å². The van der Waals surface area contributed by atoms with Gasteiger partial charge in [0.1, 0.15) is 0 Å². The summed E-state index contributed by atoms with van der Waals surface area (Å²) < 4.78 is 0. The minimum atomic E-state index is -0.213. The predicted molar refractivity (Wildman–Crippen MR) is 83.1 cm³/mol. The summed E-state index contributed by atoms with van der Waals surface area (Å²) in [5, 5.41) is 12.7. The van der Waals surface area contributed by atoms with Gasteiger partial charge in [-0.15, -0.1) is 0 Å². The summed E-state index contributed by atoms with van der Waals surface area (Å²) in [6, 6.07) is 9.15. The van der Waals surface area contributed by atoms with Crippen molar-refractivity contribution in [2.45, 2.75) is 20.0 Å². The quantitative estimate of drug-likeness (QED) is 0.892. The number of carbonyl (C=O) groups excluding carboxylic acids is 1. The molecule has 1 amide bonds. The normalized spacial score (nSPS) is 12.0. The van der Waals surface area contributed by atoms with Crippen molar-refractivity contribution >= 4 is 23.2 Å². The van der Waals surface area contributed by atoms with Crippen LogP contribution in [-0.2, 0) is 17.8 Å². The lowest BCUT2D eigenvalue weighted by Crippen LogP contribution is -2.23. The lowest BCUT2D eigenvalue weighted by atomic mass is 10.0. The van der Waals surface area contributed by atoms with Crippen molar-refractivity contribution in [1.29, 1.82) is 0 Å². The van der Waals surface area contributed by atoms with Crippen LogP contribution in [-0.4, -0.2) is 16.0 Å². The van der Waals surface area contributed by atoms with Crippen LogP contribution in [0.4, 0.5) is 5.69 Å². The maximum Gasteiger partial charge on any atom is 0.227 e. The van der Waals surface area contributed by atoms with Crippen molar-refractivity contribution < 1.29 is 9.90 Å². The minimum Gasteiger partial charge on any atom is -0.392 e. The summed E-state index contributed by atoms with van der Waals surface area (Å²) in [6.45, 7) is 1.71. The summed E-state index contributed by atoms with van der Waals surface area (Å²) in [4.78, 5) is 16.2. The van der Waals surface area contributed by atoms with E-state index in [0.717, 1.165) is 5.56 Å². The number of aromatic nitrogens is 1. The average Bonchev–Trinajstić information content (AvgIpc) is 2.47. The van der Waals surface area contributed by atoms with E-state index in [1.165, 1.54) is 6.20 Å². The molecule has 1 aromatic heterocycles. The second-order valence-corrected chi connectivity index (χ2v) is 5.35. The van der Waals surface area contributed by atoms with Crippen LogP contribution in [0.2, 0.25) is 5.02 Å². The Morgan fingerprint density at radius 3 is 2.95 bits per heavy atom. The number of rotatable bonds is 5. The van der Waals surface area contributed by atoms with Gasteiger partial charge < -0.3 is 10.4 Å². The van der Waals surface area contributed by atoms with E-state index in [1.807, 2.05) is 25.1 Å². The predicted octanol–water partition coefficient (Wildman–Crippen LogP) is 3.04. The smallest absolute Gasteiger partial charge is 0.227 e. The number of hydrogen-bond acceptors (Lipinski definition) is 3. The van der Waals surface area contributed by atoms with Gasteiger partial charge in [-0.2, -0.15) is 0 Å².